The molecule has 0 saturated carbocycles. The molecule has 3 rings (SSSR count). The minimum atomic E-state index is -0.691. The summed E-state index contributed by atoms with van der Waals surface area (Å²) in [7, 11) is 0. The van der Waals surface area contributed by atoms with Crippen LogP contribution in [0.15, 0.2) is 35.1 Å². The van der Waals surface area contributed by atoms with Crippen LogP contribution in [-0.4, -0.2) is 25.4 Å². The Balaban J connectivity index is 2.34. The average Bonchev–Trinajstić information content (AvgIpc) is 2.82. The zero-order chi connectivity index (χ0) is 16.6. The van der Waals surface area contributed by atoms with Gasteiger partial charge >= 0.3 is 5.69 Å². The predicted molar refractivity (Wildman–Crippen MR) is 86.5 cm³/mol. The van der Waals surface area contributed by atoms with Crippen molar-refractivity contribution in [2.24, 2.45) is 11.7 Å². The molecule has 7 heteroatoms. The number of amides is 1. The van der Waals surface area contributed by atoms with Gasteiger partial charge in [-0.05, 0) is 18.1 Å². The third-order valence-electron chi connectivity index (χ3n) is 3.42. The number of H-pyrrole nitrogens is 1. The Morgan fingerprint density at radius 1 is 1.26 bits per heavy atom. The first-order chi connectivity index (χ1) is 11.0. The number of nitrogens with two attached hydrogens (primary N) is 1. The Morgan fingerprint density at radius 3 is 2.57 bits per heavy atom. The maximum absolute atomic E-state index is 12.3. The quantitative estimate of drug-likeness (QED) is 0.759. The number of hydrogen-bond acceptors (Lipinski definition) is 4. The lowest BCUT2D eigenvalue weighted by molar-refractivity contribution is 0.0996. The Kier molecular flexibility index (Phi) is 3.69. The summed E-state index contributed by atoms with van der Waals surface area (Å²) < 4.78 is 1.42. The number of aromatic amines is 1. The molecule has 3 aromatic rings. The van der Waals surface area contributed by atoms with Crippen LogP contribution in [0.4, 0.5) is 0 Å². The van der Waals surface area contributed by atoms with E-state index < -0.39 is 5.91 Å². The summed E-state index contributed by atoms with van der Waals surface area (Å²) in [5.41, 5.74) is 6.36. The average molecular weight is 311 g/mol. The molecule has 1 aromatic carbocycles. The lowest BCUT2D eigenvalue weighted by atomic mass is 10.1. The molecule has 0 bridgehead atoms. The molecule has 0 fully saturated rings. The van der Waals surface area contributed by atoms with Crippen LogP contribution < -0.4 is 11.4 Å². The number of benzene rings is 1. The zero-order valence-electron chi connectivity index (χ0n) is 12.9. The fraction of sp³-hybridized carbons (Fsp3) is 0.250. The molecule has 118 valence electrons. The summed E-state index contributed by atoms with van der Waals surface area (Å²) in [6.45, 7) is 4.05. The van der Waals surface area contributed by atoms with Crippen molar-refractivity contribution in [3.63, 3.8) is 0 Å². The molecular formula is C16H17N5O2. The topological polar surface area (TPSA) is 107 Å². The molecule has 0 unspecified atom stereocenters. The van der Waals surface area contributed by atoms with Gasteiger partial charge in [0.25, 0.3) is 5.91 Å². The van der Waals surface area contributed by atoms with Crippen molar-refractivity contribution in [2.45, 2.75) is 20.3 Å². The number of nitrogens with one attached hydrogen (secondary N) is 1. The first-order valence-corrected chi connectivity index (χ1v) is 7.34. The second-order valence-electron chi connectivity index (χ2n) is 5.75. The lowest BCUT2D eigenvalue weighted by Gasteiger charge is -2.07. The van der Waals surface area contributed by atoms with Gasteiger partial charge in [-0.1, -0.05) is 32.0 Å². The molecule has 0 atom stereocenters. The van der Waals surface area contributed by atoms with E-state index >= 15 is 0 Å². The normalized spacial score (nSPS) is 11.3. The monoisotopic (exact) mass is 311 g/mol. The molecule has 7 nitrogen and oxygen atoms in total. The van der Waals surface area contributed by atoms with Crippen LogP contribution in [0.5, 0.6) is 0 Å². The van der Waals surface area contributed by atoms with Crippen molar-refractivity contribution < 1.29 is 4.79 Å². The number of hydrogen-bond donors (Lipinski definition) is 2. The van der Waals surface area contributed by atoms with Crippen LogP contribution >= 0.6 is 0 Å². The van der Waals surface area contributed by atoms with Gasteiger partial charge in [-0.25, -0.2) is 19.3 Å². The first kappa shape index (κ1) is 15.0. The van der Waals surface area contributed by atoms with Gasteiger partial charge in [0, 0.05) is 6.42 Å². The Morgan fingerprint density at radius 2 is 1.96 bits per heavy atom. The minimum Gasteiger partial charge on any atom is -0.364 e. The van der Waals surface area contributed by atoms with Gasteiger partial charge in [-0.3, -0.25) is 4.79 Å². The molecule has 3 N–H and O–H groups in total. The zero-order valence-corrected chi connectivity index (χ0v) is 12.9. The standard InChI is InChI=1S/C16H17N5O2/c1-9(2)8-11-18-12(14(17)22)13-15(19-11)21(16(23)20-13)10-6-4-3-5-7-10/h3-7,9H,8H2,1-2H3,(H2,17,22)(H,20,23). The van der Waals surface area contributed by atoms with Gasteiger partial charge in [0.2, 0.25) is 0 Å². The fourth-order valence-electron chi connectivity index (χ4n) is 2.48. The molecule has 0 aliphatic carbocycles. The van der Waals surface area contributed by atoms with E-state index in [0.29, 0.717) is 29.5 Å². The second kappa shape index (κ2) is 5.68. The van der Waals surface area contributed by atoms with Gasteiger partial charge in [-0.2, -0.15) is 0 Å². The first-order valence-electron chi connectivity index (χ1n) is 7.34. The predicted octanol–water partition coefficient (Wildman–Crippen LogP) is 1.41. The van der Waals surface area contributed by atoms with Crippen LogP contribution in [0.25, 0.3) is 16.9 Å². The molecule has 2 heterocycles. The molecular weight excluding hydrogens is 294 g/mol. The van der Waals surface area contributed by atoms with E-state index in [4.69, 9.17) is 5.73 Å². The molecule has 0 aliphatic heterocycles. The Labute approximate surface area is 132 Å². The highest BCUT2D eigenvalue weighted by molar-refractivity contribution is 6.01. The minimum absolute atomic E-state index is 0.0393. The van der Waals surface area contributed by atoms with Gasteiger partial charge < -0.3 is 10.7 Å². The van der Waals surface area contributed by atoms with E-state index in [1.807, 2.05) is 32.0 Å². The van der Waals surface area contributed by atoms with Crippen molar-refractivity contribution in [3.05, 3.63) is 52.3 Å². The number of rotatable bonds is 4. The maximum atomic E-state index is 12.3. The van der Waals surface area contributed by atoms with E-state index in [-0.39, 0.29) is 16.9 Å². The highest BCUT2D eigenvalue weighted by Crippen LogP contribution is 2.17. The number of aromatic nitrogens is 4. The molecule has 23 heavy (non-hydrogen) atoms. The summed E-state index contributed by atoms with van der Waals surface area (Å²) in [4.78, 5) is 35.4. The summed E-state index contributed by atoms with van der Waals surface area (Å²) in [5, 5.41) is 0. The van der Waals surface area contributed by atoms with Crippen molar-refractivity contribution in [1.82, 2.24) is 19.5 Å². The van der Waals surface area contributed by atoms with Crippen molar-refractivity contribution in [1.29, 1.82) is 0 Å². The molecule has 0 radical (unpaired) electrons. The van der Waals surface area contributed by atoms with Crippen LogP contribution in [0.2, 0.25) is 0 Å². The second-order valence-corrected chi connectivity index (χ2v) is 5.75. The van der Waals surface area contributed by atoms with Crippen LogP contribution in [0.3, 0.4) is 0 Å². The summed E-state index contributed by atoms with van der Waals surface area (Å²) in [5.74, 6) is 0.109. The number of carbonyl (C=O) groups is 1. The van der Waals surface area contributed by atoms with Gasteiger partial charge in [0.15, 0.2) is 11.3 Å². The van der Waals surface area contributed by atoms with Crippen LogP contribution in [-0.2, 0) is 6.42 Å². The number of fused-ring (bicyclic) bond motifs is 1. The Hall–Kier alpha value is -2.96. The fourth-order valence-corrected chi connectivity index (χ4v) is 2.48. The van der Waals surface area contributed by atoms with Crippen LogP contribution in [0.1, 0.15) is 30.2 Å². The number of carbonyl (C=O) groups excluding carboxylic acids is 1. The van der Waals surface area contributed by atoms with E-state index in [0.717, 1.165) is 0 Å². The van der Waals surface area contributed by atoms with E-state index in [1.54, 1.807) is 12.1 Å². The highest BCUT2D eigenvalue weighted by atomic mass is 16.2. The third kappa shape index (κ3) is 2.73. The van der Waals surface area contributed by atoms with Gasteiger partial charge in [-0.15, -0.1) is 0 Å². The number of imidazole rings is 1. The molecule has 2 aromatic heterocycles. The van der Waals surface area contributed by atoms with Crippen molar-refractivity contribution >= 4 is 17.1 Å². The van der Waals surface area contributed by atoms with Crippen LogP contribution in [0, 0.1) is 5.92 Å². The molecule has 0 aliphatic rings. The smallest absolute Gasteiger partial charge is 0.332 e. The third-order valence-corrected chi connectivity index (χ3v) is 3.42. The van der Waals surface area contributed by atoms with E-state index in [9.17, 15) is 9.59 Å². The maximum Gasteiger partial charge on any atom is 0.332 e. The summed E-state index contributed by atoms with van der Waals surface area (Å²) in [6, 6.07) is 9.10. The highest BCUT2D eigenvalue weighted by Gasteiger charge is 2.19. The largest absolute Gasteiger partial charge is 0.364 e. The van der Waals surface area contributed by atoms with Crippen molar-refractivity contribution in [3.8, 4) is 5.69 Å². The molecule has 0 spiro atoms. The lowest BCUT2D eigenvalue weighted by Crippen LogP contribution is -2.17. The summed E-state index contributed by atoms with van der Waals surface area (Å²) in [6.07, 6.45) is 0.588. The van der Waals surface area contributed by atoms with E-state index in [1.165, 1.54) is 4.57 Å². The van der Waals surface area contributed by atoms with Crippen molar-refractivity contribution in [2.75, 3.05) is 0 Å². The number of primary amides is 1. The number of nitrogens with zero attached hydrogens (tertiary/aromatic N) is 3. The van der Waals surface area contributed by atoms with Gasteiger partial charge in [0.1, 0.15) is 11.3 Å². The van der Waals surface area contributed by atoms with Gasteiger partial charge in [0.05, 0.1) is 5.69 Å². The number of para-hydroxylation sites is 1. The van der Waals surface area contributed by atoms with E-state index in [2.05, 4.69) is 15.0 Å². The molecule has 0 saturated heterocycles. The summed E-state index contributed by atoms with van der Waals surface area (Å²) >= 11 is 0. The SMILES string of the molecule is CC(C)Cc1nc(C(N)=O)c2[nH]c(=O)n(-c3ccccc3)c2n1. The Bertz CT molecular complexity index is 925. The molecule has 1 amide bonds.